The number of aliphatic hydroxyl groups excluding tert-OH is 1. The van der Waals surface area contributed by atoms with E-state index in [1.807, 2.05) is 6.92 Å². The molecule has 3 heteroatoms. The van der Waals surface area contributed by atoms with Crippen molar-refractivity contribution in [2.24, 2.45) is 11.8 Å². The molecule has 1 fully saturated rings. The monoisotopic (exact) mass is 228 g/mol. The Morgan fingerprint density at radius 1 is 1.31 bits per heavy atom. The van der Waals surface area contributed by atoms with Crippen molar-refractivity contribution in [3.05, 3.63) is 0 Å². The molecule has 0 aromatic carbocycles. The molecule has 16 heavy (non-hydrogen) atoms. The van der Waals surface area contributed by atoms with Gasteiger partial charge >= 0.3 is 5.97 Å². The van der Waals surface area contributed by atoms with Crippen LogP contribution in [-0.4, -0.2) is 22.8 Å². The number of hydrogen-bond donors (Lipinski definition) is 1. The van der Waals surface area contributed by atoms with E-state index >= 15 is 0 Å². The van der Waals surface area contributed by atoms with Crippen LogP contribution in [0.3, 0.4) is 0 Å². The van der Waals surface area contributed by atoms with Gasteiger partial charge in [-0.15, -0.1) is 0 Å². The van der Waals surface area contributed by atoms with Crippen molar-refractivity contribution in [2.45, 2.75) is 65.1 Å². The maximum atomic E-state index is 11.4. The molecule has 94 valence electrons. The van der Waals surface area contributed by atoms with Gasteiger partial charge in [0, 0.05) is 0 Å². The molecule has 3 nitrogen and oxygen atoms in total. The molecule has 1 atom stereocenters. The fraction of sp³-hybridized carbons (Fsp3) is 0.923. The van der Waals surface area contributed by atoms with Gasteiger partial charge in [0.05, 0.1) is 0 Å². The highest BCUT2D eigenvalue weighted by atomic mass is 16.6. The van der Waals surface area contributed by atoms with Gasteiger partial charge in [-0.3, -0.25) is 0 Å². The van der Waals surface area contributed by atoms with Gasteiger partial charge in [-0.25, -0.2) is 4.79 Å². The van der Waals surface area contributed by atoms with Crippen molar-refractivity contribution in [3.63, 3.8) is 0 Å². The highest BCUT2D eigenvalue weighted by Crippen LogP contribution is 2.37. The molecule has 0 aromatic rings. The summed E-state index contributed by atoms with van der Waals surface area (Å²) in [5.41, 5.74) is -0.362. The van der Waals surface area contributed by atoms with E-state index in [1.54, 1.807) is 0 Å². The third-order valence-corrected chi connectivity index (χ3v) is 3.72. The molecule has 0 bridgehead atoms. The average Bonchev–Trinajstić information content (AvgIpc) is 2.17. The first-order valence-corrected chi connectivity index (χ1v) is 6.25. The fourth-order valence-electron chi connectivity index (χ4n) is 2.35. The number of carbonyl (C=O) groups excluding carboxylic acids is 1. The van der Waals surface area contributed by atoms with E-state index < -0.39 is 12.1 Å². The summed E-state index contributed by atoms with van der Waals surface area (Å²) in [4.78, 5) is 11.4. The Balaban J connectivity index is 2.47. The summed E-state index contributed by atoms with van der Waals surface area (Å²) in [5, 5.41) is 9.13. The molecule has 0 spiro atoms. The second kappa shape index (κ2) is 5.17. The number of esters is 1. The summed E-state index contributed by atoms with van der Waals surface area (Å²) < 4.78 is 5.38. The number of hydrogen-bond acceptors (Lipinski definition) is 3. The summed E-state index contributed by atoms with van der Waals surface area (Å²) in [6, 6.07) is 0. The van der Waals surface area contributed by atoms with Crippen molar-refractivity contribution < 1.29 is 14.6 Å². The van der Waals surface area contributed by atoms with Crippen molar-refractivity contribution >= 4 is 5.97 Å². The third kappa shape index (κ3) is 3.48. The van der Waals surface area contributed by atoms with Gasteiger partial charge in [0.15, 0.2) is 0 Å². The van der Waals surface area contributed by atoms with Crippen LogP contribution in [0.25, 0.3) is 0 Å². The maximum absolute atomic E-state index is 11.4. The highest BCUT2D eigenvalue weighted by Gasteiger charge is 2.35. The number of aliphatic hydroxyl groups is 1. The van der Waals surface area contributed by atoms with Crippen LogP contribution in [0, 0.1) is 11.8 Å². The summed E-state index contributed by atoms with van der Waals surface area (Å²) in [5.74, 6) is 0.959. The largest absolute Gasteiger partial charge is 0.457 e. The van der Waals surface area contributed by atoms with Gasteiger partial charge in [0.25, 0.3) is 0 Å². The molecule has 1 aliphatic rings. The lowest BCUT2D eigenvalue weighted by Crippen LogP contribution is -2.39. The van der Waals surface area contributed by atoms with E-state index in [-0.39, 0.29) is 5.60 Å². The molecule has 1 aliphatic carbocycles. The fourth-order valence-corrected chi connectivity index (χ4v) is 2.35. The minimum Gasteiger partial charge on any atom is -0.457 e. The molecule has 0 saturated heterocycles. The minimum atomic E-state index is -1.01. The molecule has 0 unspecified atom stereocenters. The molecule has 1 saturated carbocycles. The van der Waals surface area contributed by atoms with Crippen LogP contribution in [-0.2, 0) is 9.53 Å². The number of rotatable bonds is 3. The van der Waals surface area contributed by atoms with E-state index in [2.05, 4.69) is 13.8 Å². The summed E-state index contributed by atoms with van der Waals surface area (Å²) in [6.45, 7) is 7.92. The highest BCUT2D eigenvalue weighted by molar-refractivity contribution is 5.74. The zero-order valence-electron chi connectivity index (χ0n) is 10.8. The third-order valence-electron chi connectivity index (χ3n) is 3.72. The first kappa shape index (κ1) is 13.5. The molecule has 0 amide bonds. The second-order valence-corrected chi connectivity index (χ2v) is 5.63. The average molecular weight is 228 g/mol. The van der Waals surface area contributed by atoms with Gasteiger partial charge in [0.1, 0.15) is 11.7 Å². The Labute approximate surface area is 98.2 Å². The lowest BCUT2D eigenvalue weighted by molar-refractivity contribution is -0.171. The molecule has 1 rings (SSSR count). The van der Waals surface area contributed by atoms with Crippen LogP contribution in [0.2, 0.25) is 0 Å². The SMILES string of the molecule is CC(C)C1CCC(C)(OC(=O)[C@H](C)O)CC1. The van der Waals surface area contributed by atoms with Gasteiger partial charge in [-0.05, 0) is 51.4 Å². The standard InChI is InChI=1S/C13H24O3/c1-9(2)11-5-7-13(4,8-6-11)16-12(15)10(3)14/h9-11,14H,5-8H2,1-4H3/t10-,11?,13?/m0/s1. The second-order valence-electron chi connectivity index (χ2n) is 5.63. The normalized spacial score (nSPS) is 32.5. The smallest absolute Gasteiger partial charge is 0.335 e. The van der Waals surface area contributed by atoms with Crippen LogP contribution < -0.4 is 0 Å². The predicted octanol–water partition coefficient (Wildman–Crippen LogP) is 2.52. The molecular formula is C13H24O3. The van der Waals surface area contributed by atoms with Gasteiger partial charge in [-0.1, -0.05) is 13.8 Å². The quantitative estimate of drug-likeness (QED) is 0.755. The Morgan fingerprint density at radius 2 is 1.81 bits per heavy atom. The van der Waals surface area contributed by atoms with Gasteiger partial charge < -0.3 is 9.84 Å². The van der Waals surface area contributed by atoms with Gasteiger partial charge in [-0.2, -0.15) is 0 Å². The van der Waals surface area contributed by atoms with Crippen LogP contribution in [0.15, 0.2) is 0 Å². The van der Waals surface area contributed by atoms with E-state index in [0.29, 0.717) is 5.92 Å². The lowest BCUT2D eigenvalue weighted by Gasteiger charge is -2.38. The summed E-state index contributed by atoms with van der Waals surface area (Å²) in [6.07, 6.45) is 3.03. The molecule has 0 radical (unpaired) electrons. The van der Waals surface area contributed by atoms with Crippen LogP contribution in [0.4, 0.5) is 0 Å². The molecule has 0 aromatic heterocycles. The van der Waals surface area contributed by atoms with E-state index in [1.165, 1.54) is 6.92 Å². The zero-order valence-corrected chi connectivity index (χ0v) is 10.8. The first-order valence-electron chi connectivity index (χ1n) is 6.25. The van der Waals surface area contributed by atoms with E-state index in [9.17, 15) is 4.79 Å². The maximum Gasteiger partial charge on any atom is 0.335 e. The van der Waals surface area contributed by atoms with Gasteiger partial charge in [0.2, 0.25) is 0 Å². The summed E-state index contributed by atoms with van der Waals surface area (Å²) in [7, 11) is 0. The lowest BCUT2D eigenvalue weighted by atomic mass is 9.75. The first-order chi connectivity index (χ1) is 7.34. The number of carbonyl (C=O) groups is 1. The predicted molar refractivity (Wildman–Crippen MR) is 63.0 cm³/mol. The Hall–Kier alpha value is -0.570. The van der Waals surface area contributed by atoms with Crippen molar-refractivity contribution in [3.8, 4) is 0 Å². The molecule has 0 aliphatic heterocycles. The Kier molecular flexibility index (Phi) is 4.36. The summed E-state index contributed by atoms with van der Waals surface area (Å²) >= 11 is 0. The molecule has 0 heterocycles. The van der Waals surface area contributed by atoms with E-state index in [0.717, 1.165) is 31.6 Å². The Bertz CT molecular complexity index is 238. The molecular weight excluding hydrogens is 204 g/mol. The van der Waals surface area contributed by atoms with Crippen LogP contribution in [0.5, 0.6) is 0 Å². The topological polar surface area (TPSA) is 46.5 Å². The van der Waals surface area contributed by atoms with Crippen molar-refractivity contribution in [2.75, 3.05) is 0 Å². The number of ether oxygens (including phenoxy) is 1. The van der Waals surface area contributed by atoms with Crippen LogP contribution in [0.1, 0.15) is 53.4 Å². The van der Waals surface area contributed by atoms with Crippen molar-refractivity contribution in [1.29, 1.82) is 0 Å². The minimum absolute atomic E-state index is 0.362. The molecule has 1 N–H and O–H groups in total. The Morgan fingerprint density at radius 3 is 2.19 bits per heavy atom. The van der Waals surface area contributed by atoms with Crippen LogP contribution >= 0.6 is 0 Å². The van der Waals surface area contributed by atoms with Crippen molar-refractivity contribution in [1.82, 2.24) is 0 Å². The zero-order chi connectivity index (χ0) is 12.3. The van der Waals surface area contributed by atoms with E-state index in [4.69, 9.17) is 9.84 Å².